The Labute approximate surface area is 386 Å². The number of nitrogens with two attached hydrogens (primary N) is 1. The van der Waals surface area contributed by atoms with Crippen LogP contribution in [0, 0.1) is 5.41 Å². The van der Waals surface area contributed by atoms with Crippen LogP contribution in [0.4, 0.5) is 35.1 Å². The lowest BCUT2D eigenvalue weighted by atomic mass is 9.53. The van der Waals surface area contributed by atoms with Gasteiger partial charge in [0.25, 0.3) is 5.89 Å². The van der Waals surface area contributed by atoms with Crippen molar-refractivity contribution in [1.29, 1.82) is 0 Å². The summed E-state index contributed by atoms with van der Waals surface area (Å²) in [7, 11) is 3.46. The summed E-state index contributed by atoms with van der Waals surface area (Å²) in [6.07, 6.45) is 0.404. The van der Waals surface area contributed by atoms with Gasteiger partial charge in [0.15, 0.2) is 23.1 Å². The molecule has 5 aromatic rings. The number of oxime groups is 1. The zero-order valence-corrected chi connectivity index (χ0v) is 38.4. The first-order chi connectivity index (χ1) is 31.6. The van der Waals surface area contributed by atoms with Gasteiger partial charge in [-0.1, -0.05) is 46.7 Å². The van der Waals surface area contributed by atoms with E-state index in [0.717, 1.165) is 103 Å². The molecule has 4 N–H and O–H groups in total. The standard InChI is InChI=1S/C23H25F4N5O.C19H22F3N5O.C4H7FO2/c1-20(2,24)19-28-17(31-33-19)21-8-11-22(12-9-21,13-10-21)18-30-29-16(32(18)3)14-6-4-5-7-15(14)23(25,26)27;1-27-14(12-4-2-3-5-13(12)19(20,21)22)24-25-16(27)18-9-6-17(7-10-18,8-11-18)15(23)26-28;1-4(2,5)3(6)7/h4-7H,8-13H2,1-3H3;2-5,28H,6-11H2,1H3,(H2,23,26);1-2H3,(H,6,7). The third-order valence-corrected chi connectivity index (χ3v) is 14.7. The van der Waals surface area contributed by atoms with E-state index in [4.69, 9.17) is 20.6 Å². The van der Waals surface area contributed by atoms with Gasteiger partial charge in [-0.2, -0.15) is 31.3 Å². The average Bonchev–Trinajstić information content (AvgIpc) is 4.07. The number of fused-ring (bicyclic) bond motifs is 6. The highest BCUT2D eigenvalue weighted by Gasteiger charge is 2.56. The maximum Gasteiger partial charge on any atom is 0.417 e. The van der Waals surface area contributed by atoms with Crippen LogP contribution in [0.25, 0.3) is 22.8 Å². The first-order valence-electron chi connectivity index (χ1n) is 22.2. The lowest BCUT2D eigenvalue weighted by molar-refractivity contribution is -0.148. The summed E-state index contributed by atoms with van der Waals surface area (Å²) in [5, 5.41) is 41.3. The van der Waals surface area contributed by atoms with Crippen LogP contribution in [0.1, 0.15) is 139 Å². The van der Waals surface area contributed by atoms with Gasteiger partial charge in [-0.15, -0.1) is 20.4 Å². The van der Waals surface area contributed by atoms with Crippen molar-refractivity contribution >= 4 is 11.8 Å². The van der Waals surface area contributed by atoms with Crippen LogP contribution in [0.15, 0.2) is 58.2 Å². The third kappa shape index (κ3) is 9.17. The number of amidine groups is 1. The second-order valence-electron chi connectivity index (χ2n) is 19.7. The van der Waals surface area contributed by atoms with Gasteiger partial charge in [0.2, 0.25) is 5.67 Å². The van der Waals surface area contributed by atoms with Crippen LogP contribution in [0.3, 0.4) is 0 Å². The van der Waals surface area contributed by atoms with Gasteiger partial charge in [0.1, 0.15) is 17.5 Å². The molecule has 6 fully saturated rings. The molecule has 0 spiro atoms. The number of carbonyl (C=O) groups is 1. The monoisotopic (exact) mass is 962 g/mol. The maximum atomic E-state index is 14.2. The van der Waals surface area contributed by atoms with Crippen molar-refractivity contribution in [3.8, 4) is 22.8 Å². The minimum absolute atomic E-state index is 0.0180. The van der Waals surface area contributed by atoms with Crippen molar-refractivity contribution in [2.75, 3.05) is 0 Å². The Morgan fingerprint density at radius 2 is 1.01 bits per heavy atom. The molecule has 0 aliphatic heterocycles. The quantitative estimate of drug-likeness (QED) is 0.0440. The van der Waals surface area contributed by atoms with E-state index in [1.807, 2.05) is 0 Å². The number of halogens is 8. The molecular weight excluding hydrogens is 909 g/mol. The third-order valence-electron chi connectivity index (χ3n) is 14.7. The molecule has 6 aliphatic carbocycles. The van der Waals surface area contributed by atoms with E-state index in [9.17, 15) is 39.9 Å². The highest BCUT2D eigenvalue weighted by atomic mass is 19.4. The highest BCUT2D eigenvalue weighted by molar-refractivity contribution is 5.86. The van der Waals surface area contributed by atoms with Crippen LogP contribution >= 0.6 is 0 Å². The van der Waals surface area contributed by atoms with Gasteiger partial charge in [0.05, 0.1) is 11.1 Å². The Kier molecular flexibility index (Phi) is 12.9. The van der Waals surface area contributed by atoms with Crippen molar-refractivity contribution in [3.63, 3.8) is 0 Å². The summed E-state index contributed by atoms with van der Waals surface area (Å²) in [5.41, 5.74) is -0.270. The van der Waals surface area contributed by atoms with E-state index in [1.54, 1.807) is 35.4 Å². The van der Waals surface area contributed by atoms with Gasteiger partial charge in [-0.3, -0.25) is 0 Å². The summed E-state index contributed by atoms with van der Waals surface area (Å²) >= 11 is 0. The summed E-state index contributed by atoms with van der Waals surface area (Å²) in [4.78, 5) is 14.0. The van der Waals surface area contributed by atoms with Crippen LogP contribution in [-0.2, 0) is 53.2 Å². The Morgan fingerprint density at radius 3 is 1.35 bits per heavy atom. The molecule has 0 atom stereocenters. The average molecular weight is 963 g/mol. The molecule has 3 heterocycles. The summed E-state index contributed by atoms with van der Waals surface area (Å²) in [6.45, 7) is 4.76. The highest BCUT2D eigenvalue weighted by Crippen LogP contribution is 2.59. The van der Waals surface area contributed by atoms with Crippen molar-refractivity contribution in [2.45, 2.75) is 145 Å². The number of aliphatic carboxylic acids is 1. The van der Waals surface area contributed by atoms with Crippen molar-refractivity contribution in [2.24, 2.45) is 30.4 Å². The number of alkyl halides is 8. The fourth-order valence-corrected chi connectivity index (χ4v) is 10.4. The molecule has 0 amide bonds. The van der Waals surface area contributed by atoms with Crippen molar-refractivity contribution in [1.82, 2.24) is 39.7 Å². The number of benzene rings is 2. The molecule has 2 aromatic carbocycles. The minimum atomic E-state index is -4.48. The predicted octanol–water partition coefficient (Wildman–Crippen LogP) is 10.3. The van der Waals surface area contributed by atoms with E-state index in [-0.39, 0.29) is 56.2 Å². The minimum Gasteiger partial charge on any atom is -0.479 e. The molecule has 0 unspecified atom stereocenters. The molecule has 6 aliphatic rings. The zero-order chi connectivity index (χ0) is 49.9. The molecule has 368 valence electrons. The SMILES string of the molecule is CC(C)(F)C(=O)O.Cn1c(-c2ccccc2C(F)(F)F)nnc1C12CCC(/C(N)=N\O)(CC1)CC2.Cn1c(-c2ccccc2C(F)(F)F)nnc1C12CCC(c3noc(C(C)(C)F)n3)(CC1)CC2. The Morgan fingerprint density at radius 1 is 0.647 bits per heavy atom. The molecule has 68 heavy (non-hydrogen) atoms. The van der Waals surface area contributed by atoms with E-state index in [2.05, 4.69) is 35.7 Å². The van der Waals surface area contributed by atoms with Gasteiger partial charge >= 0.3 is 18.3 Å². The molecule has 14 nitrogen and oxygen atoms in total. The van der Waals surface area contributed by atoms with E-state index in [0.29, 0.717) is 17.5 Å². The number of rotatable bonds is 8. The van der Waals surface area contributed by atoms with E-state index < -0.39 is 40.8 Å². The van der Waals surface area contributed by atoms with Crippen LogP contribution in [-0.4, -0.2) is 67.5 Å². The van der Waals surface area contributed by atoms with Gasteiger partial charge in [-0.25, -0.2) is 13.6 Å². The first kappa shape index (κ1) is 49.9. The van der Waals surface area contributed by atoms with Crippen molar-refractivity contribution in [3.05, 3.63) is 83.0 Å². The maximum absolute atomic E-state index is 14.2. The number of carboxylic acids is 1. The molecule has 4 bridgehead atoms. The Bertz CT molecular complexity index is 2620. The lowest BCUT2D eigenvalue weighted by Gasteiger charge is -2.52. The second-order valence-corrected chi connectivity index (χ2v) is 19.7. The molecule has 6 saturated carbocycles. The largest absolute Gasteiger partial charge is 0.479 e. The van der Waals surface area contributed by atoms with E-state index >= 15 is 0 Å². The van der Waals surface area contributed by atoms with Gasteiger partial charge < -0.3 is 29.7 Å². The zero-order valence-electron chi connectivity index (χ0n) is 38.4. The molecule has 0 saturated heterocycles. The van der Waals surface area contributed by atoms with Gasteiger partial charge in [-0.05, 0) is 117 Å². The Balaban J connectivity index is 0.000000179. The van der Waals surface area contributed by atoms with Crippen LogP contribution in [0.5, 0.6) is 0 Å². The number of carboxylic acid groups (broad SMARTS) is 1. The number of aromatic nitrogens is 8. The summed E-state index contributed by atoms with van der Waals surface area (Å²) in [5.74, 6) is 1.24. The lowest BCUT2D eigenvalue weighted by Crippen LogP contribution is -2.51. The topological polar surface area (TPSA) is 196 Å². The molecule has 0 radical (unpaired) electrons. The summed E-state index contributed by atoms with van der Waals surface area (Å²) < 4.78 is 116. The number of hydrogen-bond acceptors (Lipinski definition) is 10. The normalized spacial score (nSPS) is 25.1. The van der Waals surface area contributed by atoms with E-state index in [1.165, 1.54) is 38.1 Å². The van der Waals surface area contributed by atoms with Crippen LogP contribution < -0.4 is 5.73 Å². The Hall–Kier alpha value is -5.96. The predicted molar refractivity (Wildman–Crippen MR) is 230 cm³/mol. The van der Waals surface area contributed by atoms with Crippen LogP contribution in [0.2, 0.25) is 0 Å². The first-order valence-corrected chi connectivity index (χ1v) is 22.2. The molecular formula is C46H54F8N10O4. The second kappa shape index (κ2) is 17.5. The number of nitrogens with zero attached hydrogens (tertiary/aromatic N) is 9. The van der Waals surface area contributed by atoms with Gasteiger partial charge in [0, 0.05) is 46.9 Å². The molecule has 22 heteroatoms. The van der Waals surface area contributed by atoms with Crippen molar-refractivity contribution < 1.29 is 54.8 Å². The molecule has 3 aromatic heterocycles. The fraction of sp³-hybridized carbons (Fsp3) is 0.565. The molecule has 11 rings (SSSR count). The summed E-state index contributed by atoms with van der Waals surface area (Å²) in [6, 6.07) is 10.9. The smallest absolute Gasteiger partial charge is 0.417 e. The fourth-order valence-electron chi connectivity index (χ4n) is 10.4. The number of hydrogen-bond donors (Lipinski definition) is 3.